The molecule has 6 nitrogen and oxygen atoms in total. The minimum absolute atomic E-state index is 0.239. The zero-order chi connectivity index (χ0) is 13.4. The molecule has 0 bridgehead atoms. The van der Waals surface area contributed by atoms with Crippen LogP contribution in [0.3, 0.4) is 0 Å². The first-order valence-electron chi connectivity index (χ1n) is 6.09. The van der Waals surface area contributed by atoms with Gasteiger partial charge >= 0.3 is 5.97 Å². The molecular weight excluding hydrogens is 246 g/mol. The second-order valence-corrected chi connectivity index (χ2v) is 4.60. The van der Waals surface area contributed by atoms with Crippen LogP contribution >= 0.6 is 0 Å². The molecule has 0 saturated carbocycles. The number of carboxylic acids is 1. The first-order chi connectivity index (χ1) is 9.13. The molecule has 0 spiro atoms. The maximum atomic E-state index is 10.8. The van der Waals surface area contributed by atoms with Crippen molar-refractivity contribution >= 4 is 5.97 Å². The topological polar surface area (TPSA) is 88.2 Å². The van der Waals surface area contributed by atoms with Crippen molar-refractivity contribution in [1.82, 2.24) is 14.8 Å². The summed E-state index contributed by atoms with van der Waals surface area (Å²) in [6.45, 7) is 0.663. The second-order valence-electron chi connectivity index (χ2n) is 4.60. The third-order valence-corrected chi connectivity index (χ3v) is 3.23. The van der Waals surface area contributed by atoms with E-state index in [4.69, 9.17) is 5.11 Å². The lowest BCUT2D eigenvalue weighted by molar-refractivity contribution is 0.0697. The molecule has 1 aliphatic rings. The van der Waals surface area contributed by atoms with Gasteiger partial charge in [0, 0.05) is 18.5 Å². The number of rotatable bonds is 2. The van der Waals surface area contributed by atoms with E-state index in [9.17, 15) is 9.90 Å². The van der Waals surface area contributed by atoms with Gasteiger partial charge in [0.2, 0.25) is 0 Å². The molecule has 0 amide bonds. The average molecular weight is 259 g/mol. The summed E-state index contributed by atoms with van der Waals surface area (Å²) in [6, 6.07) is 6.46. The lowest BCUT2D eigenvalue weighted by Gasteiger charge is -2.16. The quantitative estimate of drug-likeness (QED) is 0.838. The van der Waals surface area contributed by atoms with Crippen LogP contribution in [0, 0.1) is 0 Å². The summed E-state index contributed by atoms with van der Waals surface area (Å²) < 4.78 is 1.80. The molecule has 2 heterocycles. The van der Waals surface area contributed by atoms with E-state index in [0.717, 1.165) is 11.4 Å². The Morgan fingerprint density at radius 1 is 1.32 bits per heavy atom. The van der Waals surface area contributed by atoms with Crippen molar-refractivity contribution < 1.29 is 15.0 Å². The zero-order valence-electron chi connectivity index (χ0n) is 10.2. The van der Waals surface area contributed by atoms with Crippen LogP contribution in [0.5, 0.6) is 0 Å². The Kier molecular flexibility index (Phi) is 2.79. The van der Waals surface area contributed by atoms with E-state index in [2.05, 4.69) is 10.1 Å². The van der Waals surface area contributed by atoms with E-state index >= 15 is 0 Å². The van der Waals surface area contributed by atoms with Gasteiger partial charge in [-0.1, -0.05) is 12.1 Å². The molecule has 0 fully saturated rings. The van der Waals surface area contributed by atoms with Crippen molar-refractivity contribution in [2.45, 2.75) is 25.5 Å². The molecule has 2 N–H and O–H groups in total. The number of nitrogens with zero attached hydrogens (tertiary/aromatic N) is 3. The SMILES string of the molecule is O=C(O)c1ccc(-c2nc3n(n2)CCC(O)C3)cc1. The van der Waals surface area contributed by atoms with Gasteiger partial charge in [-0.2, -0.15) is 5.10 Å². The normalized spacial score (nSPS) is 18.1. The fourth-order valence-electron chi connectivity index (χ4n) is 2.17. The van der Waals surface area contributed by atoms with E-state index < -0.39 is 5.97 Å². The van der Waals surface area contributed by atoms with Gasteiger partial charge < -0.3 is 10.2 Å². The molecule has 6 heteroatoms. The molecule has 19 heavy (non-hydrogen) atoms. The number of carbonyl (C=O) groups is 1. The largest absolute Gasteiger partial charge is 0.478 e. The Balaban J connectivity index is 1.92. The molecule has 98 valence electrons. The number of benzene rings is 1. The van der Waals surface area contributed by atoms with E-state index in [1.165, 1.54) is 12.1 Å². The Bertz CT molecular complexity index is 619. The van der Waals surface area contributed by atoms with Gasteiger partial charge in [0.25, 0.3) is 0 Å². The summed E-state index contributed by atoms with van der Waals surface area (Å²) in [5.74, 6) is 0.392. The first-order valence-corrected chi connectivity index (χ1v) is 6.09. The van der Waals surface area contributed by atoms with Crippen molar-refractivity contribution in [1.29, 1.82) is 0 Å². The van der Waals surface area contributed by atoms with Gasteiger partial charge in [0.15, 0.2) is 5.82 Å². The summed E-state index contributed by atoms with van der Waals surface area (Å²) in [5.41, 5.74) is 1.02. The third kappa shape index (κ3) is 2.22. The van der Waals surface area contributed by atoms with Gasteiger partial charge in [-0.15, -0.1) is 0 Å². The molecule has 0 aliphatic carbocycles. The molecule has 1 aliphatic heterocycles. The number of aryl methyl sites for hydroxylation is 1. The monoisotopic (exact) mass is 259 g/mol. The van der Waals surface area contributed by atoms with Crippen molar-refractivity contribution in [2.75, 3.05) is 0 Å². The fraction of sp³-hybridized carbons (Fsp3) is 0.308. The highest BCUT2D eigenvalue weighted by Crippen LogP contribution is 2.20. The van der Waals surface area contributed by atoms with E-state index in [0.29, 0.717) is 25.2 Å². The fourth-order valence-corrected chi connectivity index (χ4v) is 2.17. The number of aliphatic hydroxyl groups excluding tert-OH is 1. The maximum Gasteiger partial charge on any atom is 0.335 e. The molecule has 1 unspecified atom stereocenters. The Morgan fingerprint density at radius 2 is 2.05 bits per heavy atom. The molecule has 1 aromatic carbocycles. The highest BCUT2D eigenvalue weighted by molar-refractivity contribution is 5.88. The van der Waals surface area contributed by atoms with Crippen LogP contribution in [0.25, 0.3) is 11.4 Å². The highest BCUT2D eigenvalue weighted by atomic mass is 16.4. The van der Waals surface area contributed by atoms with Crippen molar-refractivity contribution in [3.63, 3.8) is 0 Å². The molecular formula is C13H13N3O3. The van der Waals surface area contributed by atoms with Gasteiger partial charge in [-0.25, -0.2) is 14.5 Å². The van der Waals surface area contributed by atoms with E-state index in [1.54, 1.807) is 16.8 Å². The summed E-state index contributed by atoms with van der Waals surface area (Å²) >= 11 is 0. The third-order valence-electron chi connectivity index (χ3n) is 3.23. The predicted molar refractivity (Wildman–Crippen MR) is 66.7 cm³/mol. The predicted octanol–water partition coefficient (Wildman–Crippen LogP) is 0.950. The second kappa shape index (κ2) is 4.47. The molecule has 0 saturated heterocycles. The number of fused-ring (bicyclic) bond motifs is 1. The van der Waals surface area contributed by atoms with Crippen LogP contribution in [-0.4, -0.2) is 37.1 Å². The van der Waals surface area contributed by atoms with Crippen molar-refractivity contribution in [3.05, 3.63) is 35.7 Å². The lowest BCUT2D eigenvalue weighted by Crippen LogP contribution is -2.23. The van der Waals surface area contributed by atoms with Crippen LogP contribution in [0.2, 0.25) is 0 Å². The lowest BCUT2D eigenvalue weighted by atomic mass is 10.1. The van der Waals surface area contributed by atoms with E-state index in [-0.39, 0.29) is 11.7 Å². The molecule has 1 atom stereocenters. The van der Waals surface area contributed by atoms with Crippen molar-refractivity contribution in [3.8, 4) is 11.4 Å². The van der Waals surface area contributed by atoms with Crippen LogP contribution in [-0.2, 0) is 13.0 Å². The highest BCUT2D eigenvalue weighted by Gasteiger charge is 2.20. The Hall–Kier alpha value is -2.21. The Labute approximate surface area is 109 Å². The summed E-state index contributed by atoms with van der Waals surface area (Å²) in [4.78, 5) is 15.2. The maximum absolute atomic E-state index is 10.8. The molecule has 1 aromatic heterocycles. The minimum atomic E-state index is -0.952. The summed E-state index contributed by atoms with van der Waals surface area (Å²) in [7, 11) is 0. The molecule has 2 aromatic rings. The van der Waals surface area contributed by atoms with Crippen LogP contribution in [0.1, 0.15) is 22.6 Å². The van der Waals surface area contributed by atoms with Gasteiger partial charge in [0.05, 0.1) is 11.7 Å². The van der Waals surface area contributed by atoms with Crippen LogP contribution in [0.15, 0.2) is 24.3 Å². The van der Waals surface area contributed by atoms with Gasteiger partial charge in [0.1, 0.15) is 5.82 Å². The number of hydrogen-bond acceptors (Lipinski definition) is 4. The van der Waals surface area contributed by atoms with Gasteiger partial charge in [-0.3, -0.25) is 0 Å². The first kappa shape index (κ1) is 11.9. The van der Waals surface area contributed by atoms with Crippen molar-refractivity contribution in [2.24, 2.45) is 0 Å². The summed E-state index contributed by atoms with van der Waals surface area (Å²) in [5, 5.41) is 22.8. The van der Waals surface area contributed by atoms with Gasteiger partial charge in [-0.05, 0) is 18.6 Å². The number of carboxylic acid groups (broad SMARTS) is 1. The number of aliphatic hydroxyl groups is 1. The average Bonchev–Trinajstić information content (AvgIpc) is 2.81. The van der Waals surface area contributed by atoms with Crippen LogP contribution < -0.4 is 0 Å². The summed E-state index contributed by atoms with van der Waals surface area (Å²) in [6.07, 6.45) is 0.854. The smallest absolute Gasteiger partial charge is 0.335 e. The Morgan fingerprint density at radius 3 is 2.74 bits per heavy atom. The number of hydrogen-bond donors (Lipinski definition) is 2. The number of aromatic nitrogens is 3. The van der Waals surface area contributed by atoms with E-state index in [1.807, 2.05) is 0 Å². The molecule has 0 radical (unpaired) electrons. The zero-order valence-corrected chi connectivity index (χ0v) is 10.2. The van der Waals surface area contributed by atoms with Crippen LogP contribution in [0.4, 0.5) is 0 Å². The minimum Gasteiger partial charge on any atom is -0.478 e. The standard InChI is InChI=1S/C13H13N3O3/c17-10-5-6-16-11(7-10)14-12(15-16)8-1-3-9(4-2-8)13(18)19/h1-4,10,17H,5-7H2,(H,18,19). The molecule has 3 rings (SSSR count). The number of aromatic carboxylic acids is 1.